The molecule has 0 atom stereocenters. The van der Waals surface area contributed by atoms with E-state index in [0.29, 0.717) is 18.5 Å². The van der Waals surface area contributed by atoms with Gasteiger partial charge in [-0.05, 0) is 43.4 Å². The zero-order chi connectivity index (χ0) is 17.9. The Labute approximate surface area is 155 Å². The molecule has 26 heavy (non-hydrogen) atoms. The summed E-state index contributed by atoms with van der Waals surface area (Å²) in [5.74, 6) is 2.42. The van der Waals surface area contributed by atoms with Crippen molar-refractivity contribution >= 4 is 5.91 Å². The van der Waals surface area contributed by atoms with Gasteiger partial charge in [0.15, 0.2) is 0 Å². The molecule has 1 aromatic carbocycles. The number of aromatic nitrogens is 2. The van der Waals surface area contributed by atoms with Crippen LogP contribution in [0.4, 0.5) is 0 Å². The Morgan fingerprint density at radius 2 is 1.92 bits per heavy atom. The maximum Gasteiger partial charge on any atom is 0.226 e. The molecular weight excluding hydrogens is 326 g/mol. The van der Waals surface area contributed by atoms with Crippen molar-refractivity contribution in [3.05, 3.63) is 48.0 Å². The normalized spacial score (nSPS) is 17.4. The second-order valence-electron chi connectivity index (χ2n) is 7.50. The number of methoxy groups -OCH3 is 1. The zero-order valence-electron chi connectivity index (χ0n) is 15.4. The molecule has 0 spiro atoms. The molecule has 2 aliphatic rings. The van der Waals surface area contributed by atoms with Crippen molar-refractivity contribution in [1.82, 2.24) is 14.5 Å². The van der Waals surface area contributed by atoms with Crippen molar-refractivity contribution < 1.29 is 9.53 Å². The van der Waals surface area contributed by atoms with E-state index < -0.39 is 0 Å². The van der Waals surface area contributed by atoms with E-state index in [1.165, 1.54) is 18.4 Å². The highest BCUT2D eigenvalue weighted by molar-refractivity contribution is 5.79. The number of ether oxygens (including phenoxy) is 1. The lowest BCUT2D eigenvalue weighted by molar-refractivity contribution is -0.136. The molecule has 2 aliphatic carbocycles. The number of nitrogens with zero attached hydrogens (tertiary/aromatic N) is 3. The Bertz CT molecular complexity index is 743. The Kier molecular flexibility index (Phi) is 4.96. The molecule has 1 amide bonds. The van der Waals surface area contributed by atoms with E-state index in [-0.39, 0.29) is 5.92 Å². The first-order chi connectivity index (χ1) is 12.7. The maximum absolute atomic E-state index is 13.0. The SMILES string of the molecule is COc1ccc(Cn2ccnc2CN(C(=O)C2CCCC2)C2CC2)cc1. The van der Waals surface area contributed by atoms with E-state index in [1.54, 1.807) is 7.11 Å². The van der Waals surface area contributed by atoms with Crippen LogP contribution < -0.4 is 4.74 Å². The van der Waals surface area contributed by atoms with Crippen LogP contribution in [-0.2, 0) is 17.9 Å². The minimum absolute atomic E-state index is 0.237. The fourth-order valence-electron chi connectivity index (χ4n) is 3.90. The lowest BCUT2D eigenvalue weighted by atomic mass is 10.1. The fourth-order valence-corrected chi connectivity index (χ4v) is 3.90. The first kappa shape index (κ1) is 17.1. The van der Waals surface area contributed by atoms with Crippen LogP contribution in [0.15, 0.2) is 36.7 Å². The zero-order valence-corrected chi connectivity index (χ0v) is 15.4. The molecule has 1 aromatic heterocycles. The van der Waals surface area contributed by atoms with Gasteiger partial charge in [-0.1, -0.05) is 25.0 Å². The van der Waals surface area contributed by atoms with E-state index in [1.807, 2.05) is 24.5 Å². The Hall–Kier alpha value is -2.30. The van der Waals surface area contributed by atoms with Crippen molar-refractivity contribution in [2.75, 3.05) is 7.11 Å². The second kappa shape index (κ2) is 7.52. The highest BCUT2D eigenvalue weighted by Gasteiger charge is 2.37. The molecular formula is C21H27N3O2. The van der Waals surface area contributed by atoms with E-state index >= 15 is 0 Å². The first-order valence-corrected chi connectivity index (χ1v) is 9.68. The van der Waals surface area contributed by atoms with E-state index in [2.05, 4.69) is 26.6 Å². The Morgan fingerprint density at radius 1 is 1.19 bits per heavy atom. The number of hydrogen-bond donors (Lipinski definition) is 0. The maximum atomic E-state index is 13.0. The average molecular weight is 353 g/mol. The van der Waals surface area contributed by atoms with Crippen LogP contribution in [0.3, 0.4) is 0 Å². The number of amides is 1. The summed E-state index contributed by atoms with van der Waals surface area (Å²) in [7, 11) is 1.68. The van der Waals surface area contributed by atoms with E-state index in [0.717, 1.165) is 43.8 Å². The third-order valence-electron chi connectivity index (χ3n) is 5.60. The molecule has 2 saturated carbocycles. The number of carbonyl (C=O) groups is 1. The van der Waals surface area contributed by atoms with Gasteiger partial charge in [-0.2, -0.15) is 0 Å². The number of carbonyl (C=O) groups excluding carboxylic acids is 1. The topological polar surface area (TPSA) is 47.4 Å². The molecule has 2 fully saturated rings. The monoisotopic (exact) mass is 353 g/mol. The average Bonchev–Trinajstić information content (AvgIpc) is 3.18. The van der Waals surface area contributed by atoms with Crippen molar-refractivity contribution in [1.29, 1.82) is 0 Å². The van der Waals surface area contributed by atoms with Crippen LogP contribution in [0, 0.1) is 5.92 Å². The van der Waals surface area contributed by atoms with Crippen LogP contribution in [0.1, 0.15) is 49.9 Å². The van der Waals surface area contributed by atoms with E-state index in [4.69, 9.17) is 4.74 Å². The molecule has 5 heteroatoms. The summed E-state index contributed by atoms with van der Waals surface area (Å²) in [5.41, 5.74) is 1.20. The molecule has 4 rings (SSSR count). The smallest absolute Gasteiger partial charge is 0.226 e. The summed E-state index contributed by atoms with van der Waals surface area (Å²) in [6.45, 7) is 1.39. The van der Waals surface area contributed by atoms with Gasteiger partial charge in [0.2, 0.25) is 5.91 Å². The standard InChI is InChI=1S/C21H27N3O2/c1-26-19-10-6-16(7-11-19)14-23-13-12-22-20(23)15-24(18-8-9-18)21(25)17-4-2-3-5-17/h6-7,10-13,17-18H,2-5,8-9,14-15H2,1H3. The lowest BCUT2D eigenvalue weighted by Crippen LogP contribution is -2.37. The van der Waals surface area contributed by atoms with Crippen LogP contribution in [0.2, 0.25) is 0 Å². The van der Waals surface area contributed by atoms with Crippen LogP contribution >= 0.6 is 0 Å². The summed E-state index contributed by atoms with van der Waals surface area (Å²) < 4.78 is 7.38. The summed E-state index contributed by atoms with van der Waals surface area (Å²) in [4.78, 5) is 19.6. The van der Waals surface area contributed by atoms with Gasteiger partial charge in [0.25, 0.3) is 0 Å². The molecule has 1 heterocycles. The van der Waals surface area contributed by atoms with Crippen LogP contribution in [0.25, 0.3) is 0 Å². The fraction of sp³-hybridized carbons (Fsp3) is 0.524. The van der Waals surface area contributed by atoms with Gasteiger partial charge in [0, 0.05) is 30.9 Å². The quantitative estimate of drug-likeness (QED) is 0.764. The number of rotatable bonds is 7. The largest absolute Gasteiger partial charge is 0.497 e. The lowest BCUT2D eigenvalue weighted by Gasteiger charge is -2.25. The minimum Gasteiger partial charge on any atom is -0.497 e. The summed E-state index contributed by atoms with van der Waals surface area (Å²) in [6, 6.07) is 8.53. The third kappa shape index (κ3) is 3.76. The molecule has 0 radical (unpaired) electrons. The summed E-state index contributed by atoms with van der Waals surface area (Å²) in [6.07, 6.45) is 10.6. The molecule has 138 valence electrons. The predicted molar refractivity (Wildman–Crippen MR) is 99.9 cm³/mol. The van der Waals surface area contributed by atoms with Gasteiger partial charge in [-0.3, -0.25) is 4.79 Å². The molecule has 0 saturated heterocycles. The predicted octanol–water partition coefficient (Wildman–Crippen LogP) is 3.62. The molecule has 0 aliphatic heterocycles. The van der Waals surface area contributed by atoms with Gasteiger partial charge in [-0.25, -0.2) is 4.98 Å². The van der Waals surface area contributed by atoms with Gasteiger partial charge in [0.05, 0.1) is 13.7 Å². The van der Waals surface area contributed by atoms with Gasteiger partial charge < -0.3 is 14.2 Å². The van der Waals surface area contributed by atoms with Gasteiger partial charge in [0.1, 0.15) is 11.6 Å². The summed E-state index contributed by atoms with van der Waals surface area (Å²) in [5, 5.41) is 0. The Morgan fingerprint density at radius 3 is 2.58 bits per heavy atom. The highest BCUT2D eigenvalue weighted by atomic mass is 16.5. The highest BCUT2D eigenvalue weighted by Crippen LogP contribution is 2.33. The third-order valence-corrected chi connectivity index (χ3v) is 5.60. The molecule has 5 nitrogen and oxygen atoms in total. The first-order valence-electron chi connectivity index (χ1n) is 9.68. The van der Waals surface area contributed by atoms with Crippen LogP contribution in [0.5, 0.6) is 5.75 Å². The van der Waals surface area contributed by atoms with Gasteiger partial charge in [-0.15, -0.1) is 0 Å². The van der Waals surface area contributed by atoms with Crippen molar-refractivity contribution in [2.45, 2.75) is 57.7 Å². The molecule has 0 N–H and O–H groups in total. The number of benzene rings is 1. The minimum atomic E-state index is 0.237. The molecule has 0 bridgehead atoms. The van der Waals surface area contributed by atoms with Crippen molar-refractivity contribution in [2.24, 2.45) is 5.92 Å². The van der Waals surface area contributed by atoms with Crippen molar-refractivity contribution in [3.63, 3.8) is 0 Å². The number of hydrogen-bond acceptors (Lipinski definition) is 3. The second-order valence-corrected chi connectivity index (χ2v) is 7.50. The van der Waals surface area contributed by atoms with Gasteiger partial charge >= 0.3 is 0 Å². The van der Waals surface area contributed by atoms with Crippen molar-refractivity contribution in [3.8, 4) is 5.75 Å². The Balaban J connectivity index is 1.47. The van der Waals surface area contributed by atoms with E-state index in [9.17, 15) is 4.79 Å². The molecule has 0 unspecified atom stereocenters. The molecule has 2 aromatic rings. The number of imidazole rings is 1. The van der Waals surface area contributed by atoms with Crippen LogP contribution in [-0.4, -0.2) is 33.5 Å². The summed E-state index contributed by atoms with van der Waals surface area (Å²) >= 11 is 0.